The standard InChI is InChI=1S/C15H19ClN2O/c1-10(2)7-17-8-14-15(19-9-18-14)12-5-4-11(3)13(16)6-12/h4-6,9-10,17H,7-8H2,1-3H3. The Morgan fingerprint density at radius 3 is 2.84 bits per heavy atom. The number of halogens is 1. The summed E-state index contributed by atoms with van der Waals surface area (Å²) in [7, 11) is 0. The number of hydrogen-bond donors (Lipinski definition) is 1. The van der Waals surface area contributed by atoms with Gasteiger partial charge in [0.1, 0.15) is 5.69 Å². The average Bonchev–Trinajstić information content (AvgIpc) is 2.80. The molecule has 1 aromatic heterocycles. The summed E-state index contributed by atoms with van der Waals surface area (Å²) in [6.07, 6.45) is 1.48. The van der Waals surface area contributed by atoms with Crippen LogP contribution in [0.1, 0.15) is 25.1 Å². The number of rotatable bonds is 5. The summed E-state index contributed by atoms with van der Waals surface area (Å²) < 4.78 is 5.49. The molecule has 1 aromatic carbocycles. The van der Waals surface area contributed by atoms with Crippen molar-refractivity contribution in [1.82, 2.24) is 10.3 Å². The Labute approximate surface area is 119 Å². The van der Waals surface area contributed by atoms with Gasteiger partial charge in [-0.1, -0.05) is 37.6 Å². The van der Waals surface area contributed by atoms with Crippen molar-refractivity contribution in [1.29, 1.82) is 0 Å². The van der Waals surface area contributed by atoms with Gasteiger partial charge in [-0.3, -0.25) is 0 Å². The van der Waals surface area contributed by atoms with E-state index in [0.29, 0.717) is 12.5 Å². The van der Waals surface area contributed by atoms with Crippen LogP contribution in [0, 0.1) is 12.8 Å². The Kier molecular flexibility index (Phi) is 4.61. The lowest BCUT2D eigenvalue weighted by atomic mass is 10.1. The van der Waals surface area contributed by atoms with Gasteiger partial charge in [0.05, 0.1) is 0 Å². The van der Waals surface area contributed by atoms with Crippen molar-refractivity contribution >= 4 is 11.6 Å². The van der Waals surface area contributed by atoms with E-state index in [1.165, 1.54) is 6.39 Å². The molecule has 0 aliphatic heterocycles. The van der Waals surface area contributed by atoms with Gasteiger partial charge >= 0.3 is 0 Å². The molecule has 19 heavy (non-hydrogen) atoms. The second-order valence-electron chi connectivity index (χ2n) is 5.12. The van der Waals surface area contributed by atoms with Crippen molar-refractivity contribution in [2.75, 3.05) is 6.54 Å². The largest absolute Gasteiger partial charge is 0.443 e. The predicted octanol–water partition coefficient (Wildman–Crippen LogP) is 4.05. The highest BCUT2D eigenvalue weighted by atomic mass is 35.5. The molecule has 0 unspecified atom stereocenters. The SMILES string of the molecule is Cc1ccc(-c2ocnc2CNCC(C)C)cc1Cl. The molecule has 0 saturated heterocycles. The Balaban J connectivity index is 2.16. The van der Waals surface area contributed by atoms with E-state index in [2.05, 4.69) is 24.1 Å². The van der Waals surface area contributed by atoms with Crippen molar-refractivity contribution in [2.24, 2.45) is 5.92 Å². The molecule has 0 saturated carbocycles. The molecule has 4 heteroatoms. The van der Waals surface area contributed by atoms with E-state index in [4.69, 9.17) is 16.0 Å². The Hall–Kier alpha value is -1.32. The number of nitrogens with one attached hydrogen (secondary N) is 1. The monoisotopic (exact) mass is 278 g/mol. The van der Waals surface area contributed by atoms with Crippen molar-refractivity contribution in [3.63, 3.8) is 0 Å². The molecule has 0 atom stereocenters. The van der Waals surface area contributed by atoms with Crippen LogP contribution < -0.4 is 5.32 Å². The molecule has 102 valence electrons. The number of oxazole rings is 1. The summed E-state index contributed by atoms with van der Waals surface area (Å²) in [5, 5.41) is 4.11. The van der Waals surface area contributed by atoms with Crippen LogP contribution in [-0.4, -0.2) is 11.5 Å². The molecule has 2 aromatic rings. The number of aromatic nitrogens is 1. The zero-order chi connectivity index (χ0) is 13.8. The van der Waals surface area contributed by atoms with E-state index < -0.39 is 0 Å². The first-order valence-electron chi connectivity index (χ1n) is 6.47. The number of benzene rings is 1. The normalized spacial score (nSPS) is 11.2. The van der Waals surface area contributed by atoms with Crippen LogP contribution in [-0.2, 0) is 6.54 Å². The maximum atomic E-state index is 6.15. The lowest BCUT2D eigenvalue weighted by Gasteiger charge is -2.07. The molecule has 1 heterocycles. The van der Waals surface area contributed by atoms with E-state index in [-0.39, 0.29) is 0 Å². The average molecular weight is 279 g/mol. The van der Waals surface area contributed by atoms with Crippen molar-refractivity contribution < 1.29 is 4.42 Å². The van der Waals surface area contributed by atoms with E-state index >= 15 is 0 Å². The molecule has 0 spiro atoms. The third-order valence-electron chi connectivity index (χ3n) is 2.92. The minimum atomic E-state index is 0.615. The molecule has 2 rings (SSSR count). The quantitative estimate of drug-likeness (QED) is 0.897. The Morgan fingerprint density at radius 2 is 2.16 bits per heavy atom. The second kappa shape index (κ2) is 6.22. The lowest BCUT2D eigenvalue weighted by Crippen LogP contribution is -2.19. The van der Waals surface area contributed by atoms with Crippen LogP contribution in [0.25, 0.3) is 11.3 Å². The highest BCUT2D eigenvalue weighted by Gasteiger charge is 2.11. The maximum absolute atomic E-state index is 6.15. The molecule has 0 aliphatic rings. The van der Waals surface area contributed by atoms with Crippen molar-refractivity contribution in [2.45, 2.75) is 27.3 Å². The summed E-state index contributed by atoms with van der Waals surface area (Å²) >= 11 is 6.15. The molecular formula is C15H19ClN2O. The Bertz CT molecular complexity index is 549. The van der Waals surface area contributed by atoms with E-state index in [1.54, 1.807) is 0 Å². The van der Waals surface area contributed by atoms with Crippen LogP contribution in [0.3, 0.4) is 0 Å². The van der Waals surface area contributed by atoms with Gasteiger partial charge in [0.15, 0.2) is 12.2 Å². The minimum Gasteiger partial charge on any atom is -0.443 e. The zero-order valence-electron chi connectivity index (χ0n) is 11.5. The number of hydrogen-bond acceptors (Lipinski definition) is 3. The molecule has 0 fully saturated rings. The first-order valence-corrected chi connectivity index (χ1v) is 6.85. The van der Waals surface area contributed by atoms with Gasteiger partial charge in [0.25, 0.3) is 0 Å². The third-order valence-corrected chi connectivity index (χ3v) is 3.33. The molecule has 0 aliphatic carbocycles. The lowest BCUT2D eigenvalue weighted by molar-refractivity contribution is 0.545. The fourth-order valence-corrected chi connectivity index (χ4v) is 2.02. The summed E-state index contributed by atoms with van der Waals surface area (Å²) in [5.74, 6) is 1.40. The van der Waals surface area contributed by atoms with Crippen LogP contribution >= 0.6 is 11.6 Å². The van der Waals surface area contributed by atoms with Crippen molar-refractivity contribution in [3.05, 3.63) is 40.9 Å². The van der Waals surface area contributed by atoms with E-state index in [1.807, 2.05) is 25.1 Å². The van der Waals surface area contributed by atoms with E-state index in [0.717, 1.165) is 34.1 Å². The van der Waals surface area contributed by atoms with Crippen LogP contribution in [0.15, 0.2) is 29.0 Å². The number of aryl methyl sites for hydroxylation is 1. The predicted molar refractivity (Wildman–Crippen MR) is 78.2 cm³/mol. The fraction of sp³-hybridized carbons (Fsp3) is 0.400. The topological polar surface area (TPSA) is 38.1 Å². The summed E-state index contributed by atoms with van der Waals surface area (Å²) in [5.41, 5.74) is 2.94. The van der Waals surface area contributed by atoms with Gasteiger partial charge in [0, 0.05) is 17.1 Å². The molecular weight excluding hydrogens is 260 g/mol. The molecule has 0 radical (unpaired) electrons. The molecule has 1 N–H and O–H groups in total. The highest BCUT2D eigenvalue weighted by molar-refractivity contribution is 6.31. The minimum absolute atomic E-state index is 0.615. The van der Waals surface area contributed by atoms with Gasteiger partial charge in [0.2, 0.25) is 0 Å². The summed E-state index contributed by atoms with van der Waals surface area (Å²) in [4.78, 5) is 4.27. The van der Waals surface area contributed by atoms with Crippen LogP contribution in [0.2, 0.25) is 5.02 Å². The van der Waals surface area contributed by atoms with Gasteiger partial charge in [-0.2, -0.15) is 0 Å². The molecule has 0 bridgehead atoms. The first-order chi connectivity index (χ1) is 9.08. The molecule has 0 amide bonds. The van der Waals surface area contributed by atoms with Crippen molar-refractivity contribution in [3.8, 4) is 11.3 Å². The Morgan fingerprint density at radius 1 is 1.37 bits per heavy atom. The first kappa shape index (κ1) is 14.1. The summed E-state index contributed by atoms with van der Waals surface area (Å²) in [6.45, 7) is 8.00. The molecule has 3 nitrogen and oxygen atoms in total. The van der Waals surface area contributed by atoms with Gasteiger partial charge < -0.3 is 9.73 Å². The van der Waals surface area contributed by atoms with E-state index in [9.17, 15) is 0 Å². The van der Waals surface area contributed by atoms with Gasteiger partial charge in [-0.05, 0) is 31.0 Å². The maximum Gasteiger partial charge on any atom is 0.181 e. The fourth-order valence-electron chi connectivity index (χ4n) is 1.84. The van der Waals surface area contributed by atoms with Crippen LogP contribution in [0.5, 0.6) is 0 Å². The van der Waals surface area contributed by atoms with Gasteiger partial charge in [-0.25, -0.2) is 4.98 Å². The van der Waals surface area contributed by atoms with Gasteiger partial charge in [-0.15, -0.1) is 0 Å². The number of nitrogens with zero attached hydrogens (tertiary/aromatic N) is 1. The zero-order valence-corrected chi connectivity index (χ0v) is 12.3. The smallest absolute Gasteiger partial charge is 0.181 e. The highest BCUT2D eigenvalue weighted by Crippen LogP contribution is 2.27. The second-order valence-corrected chi connectivity index (χ2v) is 5.52. The van der Waals surface area contributed by atoms with Crippen LogP contribution in [0.4, 0.5) is 0 Å². The third kappa shape index (κ3) is 3.58. The summed E-state index contributed by atoms with van der Waals surface area (Å²) in [6, 6.07) is 5.92.